The van der Waals surface area contributed by atoms with Gasteiger partial charge in [-0.05, 0) is 48.5 Å². The van der Waals surface area contributed by atoms with E-state index in [-0.39, 0.29) is 4.90 Å². The minimum absolute atomic E-state index is 0.150. The number of nitrogens with zero attached hydrogens (tertiary/aromatic N) is 1. The lowest BCUT2D eigenvalue weighted by molar-refractivity contribution is 0.595. The SMILES string of the molecule is O=S(=O)(Nc1ccc2oc(-c3ccccc3)nc2c1)c1cccc(F)c1. The van der Waals surface area contributed by atoms with Crippen LogP contribution in [-0.4, -0.2) is 13.4 Å². The van der Waals surface area contributed by atoms with Crippen LogP contribution in [0.1, 0.15) is 0 Å². The molecule has 1 heterocycles. The Bertz CT molecular complexity index is 1190. The Morgan fingerprint density at radius 2 is 1.73 bits per heavy atom. The highest BCUT2D eigenvalue weighted by Crippen LogP contribution is 2.27. The van der Waals surface area contributed by atoms with E-state index in [0.717, 1.165) is 11.6 Å². The quantitative estimate of drug-likeness (QED) is 0.578. The van der Waals surface area contributed by atoms with E-state index in [1.165, 1.54) is 18.2 Å². The Hall–Kier alpha value is -3.19. The smallest absolute Gasteiger partial charge is 0.261 e. The van der Waals surface area contributed by atoms with Crippen molar-refractivity contribution in [3.63, 3.8) is 0 Å². The molecule has 26 heavy (non-hydrogen) atoms. The topological polar surface area (TPSA) is 72.2 Å². The third kappa shape index (κ3) is 3.16. The molecule has 0 unspecified atom stereocenters. The van der Waals surface area contributed by atoms with Crippen LogP contribution >= 0.6 is 0 Å². The molecule has 7 heteroatoms. The van der Waals surface area contributed by atoms with E-state index in [4.69, 9.17) is 4.42 Å². The van der Waals surface area contributed by atoms with Gasteiger partial charge in [-0.3, -0.25) is 4.72 Å². The summed E-state index contributed by atoms with van der Waals surface area (Å²) in [5.41, 5.74) is 2.20. The lowest BCUT2D eigenvalue weighted by Gasteiger charge is -2.07. The number of oxazole rings is 1. The fourth-order valence-corrected chi connectivity index (χ4v) is 3.62. The lowest BCUT2D eigenvalue weighted by atomic mass is 10.2. The van der Waals surface area contributed by atoms with Crippen molar-refractivity contribution in [2.24, 2.45) is 0 Å². The third-order valence-electron chi connectivity index (χ3n) is 3.77. The van der Waals surface area contributed by atoms with Crippen LogP contribution in [0.3, 0.4) is 0 Å². The van der Waals surface area contributed by atoms with Crippen LogP contribution in [0, 0.1) is 5.82 Å². The number of hydrogen-bond donors (Lipinski definition) is 1. The van der Waals surface area contributed by atoms with E-state index >= 15 is 0 Å². The fraction of sp³-hybridized carbons (Fsp3) is 0. The summed E-state index contributed by atoms with van der Waals surface area (Å²) >= 11 is 0. The molecule has 0 aliphatic rings. The zero-order valence-electron chi connectivity index (χ0n) is 13.4. The Labute approximate surface area is 149 Å². The number of hydrogen-bond acceptors (Lipinski definition) is 4. The number of anilines is 1. The molecule has 0 fully saturated rings. The van der Waals surface area contributed by atoms with Gasteiger partial charge in [-0.1, -0.05) is 24.3 Å². The first kappa shape index (κ1) is 16.3. The van der Waals surface area contributed by atoms with Gasteiger partial charge in [-0.25, -0.2) is 17.8 Å². The maximum Gasteiger partial charge on any atom is 0.261 e. The fourth-order valence-electron chi connectivity index (χ4n) is 2.54. The highest BCUT2D eigenvalue weighted by molar-refractivity contribution is 7.92. The van der Waals surface area contributed by atoms with Crippen LogP contribution in [-0.2, 0) is 10.0 Å². The maximum atomic E-state index is 13.3. The van der Waals surface area contributed by atoms with Gasteiger partial charge >= 0.3 is 0 Å². The second kappa shape index (κ2) is 6.27. The van der Waals surface area contributed by atoms with Gasteiger partial charge in [0.15, 0.2) is 5.58 Å². The van der Waals surface area contributed by atoms with E-state index in [9.17, 15) is 12.8 Å². The van der Waals surface area contributed by atoms with Gasteiger partial charge in [-0.15, -0.1) is 0 Å². The Morgan fingerprint density at radius 1 is 0.923 bits per heavy atom. The molecule has 0 saturated heterocycles. The molecule has 0 spiro atoms. The van der Waals surface area contributed by atoms with E-state index in [0.29, 0.717) is 22.7 Å². The first-order chi connectivity index (χ1) is 12.5. The van der Waals surface area contributed by atoms with Gasteiger partial charge in [0.05, 0.1) is 10.6 Å². The molecule has 0 aliphatic heterocycles. The van der Waals surface area contributed by atoms with Gasteiger partial charge in [0.1, 0.15) is 11.3 Å². The van der Waals surface area contributed by atoms with Crippen molar-refractivity contribution in [1.29, 1.82) is 0 Å². The van der Waals surface area contributed by atoms with Crippen LogP contribution in [0.4, 0.5) is 10.1 Å². The lowest BCUT2D eigenvalue weighted by Crippen LogP contribution is -2.13. The van der Waals surface area contributed by atoms with Crippen LogP contribution in [0.15, 0.2) is 82.1 Å². The standard InChI is InChI=1S/C19H13FN2O3S/c20-14-7-4-8-16(11-14)26(23,24)22-15-9-10-18-17(12-15)21-19(25-18)13-5-2-1-3-6-13/h1-12,22H. The van der Waals surface area contributed by atoms with E-state index in [1.54, 1.807) is 18.2 Å². The second-order valence-corrected chi connectivity index (χ2v) is 7.31. The highest BCUT2D eigenvalue weighted by atomic mass is 32.2. The molecular weight excluding hydrogens is 355 g/mol. The molecule has 1 N–H and O–H groups in total. The number of halogens is 1. The van der Waals surface area contributed by atoms with Crippen molar-refractivity contribution in [2.75, 3.05) is 4.72 Å². The van der Waals surface area contributed by atoms with Crippen LogP contribution in [0.5, 0.6) is 0 Å². The molecule has 0 saturated carbocycles. The van der Waals surface area contributed by atoms with Gasteiger partial charge in [0, 0.05) is 5.56 Å². The molecule has 130 valence electrons. The van der Waals surface area contributed by atoms with Crippen molar-refractivity contribution in [3.8, 4) is 11.5 Å². The minimum Gasteiger partial charge on any atom is -0.436 e. The molecule has 0 aliphatic carbocycles. The largest absolute Gasteiger partial charge is 0.436 e. The van der Waals surface area contributed by atoms with Crippen LogP contribution in [0.2, 0.25) is 0 Å². The average molecular weight is 368 g/mol. The number of nitrogens with one attached hydrogen (secondary N) is 1. The summed E-state index contributed by atoms with van der Waals surface area (Å²) in [5.74, 6) is -0.168. The molecule has 1 aromatic heterocycles. The summed E-state index contributed by atoms with van der Waals surface area (Å²) in [5, 5.41) is 0. The van der Waals surface area contributed by atoms with Crippen LogP contribution < -0.4 is 4.72 Å². The Kier molecular flexibility index (Phi) is 3.93. The number of rotatable bonds is 4. The average Bonchev–Trinajstić information content (AvgIpc) is 3.05. The molecule has 4 rings (SSSR count). The summed E-state index contributed by atoms with van der Waals surface area (Å²) < 4.78 is 46.2. The summed E-state index contributed by atoms with van der Waals surface area (Å²) in [6.45, 7) is 0. The van der Waals surface area contributed by atoms with Crippen molar-refractivity contribution in [1.82, 2.24) is 4.98 Å². The number of fused-ring (bicyclic) bond motifs is 1. The predicted octanol–water partition coefficient (Wildman–Crippen LogP) is 4.43. The third-order valence-corrected chi connectivity index (χ3v) is 5.15. The monoisotopic (exact) mass is 368 g/mol. The molecule has 0 atom stereocenters. The first-order valence-electron chi connectivity index (χ1n) is 7.76. The molecule has 0 amide bonds. The normalized spacial score (nSPS) is 11.6. The predicted molar refractivity (Wildman–Crippen MR) is 96.7 cm³/mol. The van der Waals surface area contributed by atoms with E-state index in [1.807, 2.05) is 30.3 Å². The number of aromatic nitrogens is 1. The molecule has 4 aromatic rings. The molecule has 5 nitrogen and oxygen atoms in total. The summed E-state index contributed by atoms with van der Waals surface area (Å²) in [7, 11) is -3.90. The van der Waals surface area contributed by atoms with E-state index < -0.39 is 15.8 Å². The molecule has 3 aromatic carbocycles. The summed E-state index contributed by atoms with van der Waals surface area (Å²) in [6.07, 6.45) is 0. The maximum absolute atomic E-state index is 13.3. The van der Waals surface area contributed by atoms with Crippen molar-refractivity contribution in [2.45, 2.75) is 4.90 Å². The van der Waals surface area contributed by atoms with E-state index in [2.05, 4.69) is 9.71 Å². The zero-order valence-corrected chi connectivity index (χ0v) is 14.2. The van der Waals surface area contributed by atoms with Crippen LogP contribution in [0.25, 0.3) is 22.6 Å². The second-order valence-electron chi connectivity index (χ2n) is 5.63. The van der Waals surface area contributed by atoms with Crippen molar-refractivity contribution < 1.29 is 17.2 Å². The highest BCUT2D eigenvalue weighted by Gasteiger charge is 2.16. The van der Waals surface area contributed by atoms with Gasteiger partial charge in [0.25, 0.3) is 10.0 Å². The Morgan fingerprint density at radius 3 is 2.50 bits per heavy atom. The molecule has 0 bridgehead atoms. The molecular formula is C19H13FN2O3S. The Balaban J connectivity index is 1.67. The summed E-state index contributed by atoms with van der Waals surface area (Å²) in [4.78, 5) is 4.25. The zero-order chi connectivity index (χ0) is 18.1. The number of benzene rings is 3. The van der Waals surface area contributed by atoms with Gasteiger partial charge < -0.3 is 4.42 Å². The van der Waals surface area contributed by atoms with Gasteiger partial charge in [0.2, 0.25) is 5.89 Å². The summed E-state index contributed by atoms with van der Waals surface area (Å²) in [6, 6.07) is 19.0. The first-order valence-corrected chi connectivity index (χ1v) is 9.24. The molecule has 0 radical (unpaired) electrons. The van der Waals surface area contributed by atoms with Crippen molar-refractivity contribution >= 4 is 26.8 Å². The number of sulfonamides is 1. The minimum atomic E-state index is -3.90. The van der Waals surface area contributed by atoms with Gasteiger partial charge in [-0.2, -0.15) is 0 Å². The van der Waals surface area contributed by atoms with Crippen molar-refractivity contribution in [3.05, 3.63) is 78.6 Å².